The van der Waals surface area contributed by atoms with Gasteiger partial charge in [-0.2, -0.15) is 0 Å². The van der Waals surface area contributed by atoms with Gasteiger partial charge in [-0.25, -0.2) is 67.4 Å². The fraction of sp³-hybridized carbons (Fsp3) is 0.250. The summed E-state index contributed by atoms with van der Waals surface area (Å²) in [5.41, 5.74) is 15.5. The van der Waals surface area contributed by atoms with Crippen molar-refractivity contribution in [3.8, 4) is 114 Å². The topological polar surface area (TPSA) is 339 Å². The summed E-state index contributed by atoms with van der Waals surface area (Å²) >= 11 is 4.94. The first-order chi connectivity index (χ1) is 66.2. The molecule has 692 valence electrons. The zero-order valence-corrected chi connectivity index (χ0v) is 77.9. The Balaban J connectivity index is 0.000000126. The number of piperazine rings is 1. The highest BCUT2D eigenvalue weighted by Gasteiger charge is 2.33. The van der Waals surface area contributed by atoms with Gasteiger partial charge in [-0.3, -0.25) is 28.9 Å². The standard InChI is InChI=1S/C26H24N6O3.C25H24FN5O2S.C25H25N5O2S.C24H23FN6O2S/c1-35-21-12-10-19(11-13-21)25-28-26(20-7-3-2-4-8-20)32(29-25)18-23(33)30-15-16-31(24(34)17-30)22-9-5-6-14-27-22;1-16-27-21-11-13-30(14-12-22(21)34-16)23(32)15-31-25(18-3-7-19(26)8-4-18)28-24(29-31)17-5-9-20(33-2)10-6-17;1-17-26-21-12-14-29(15-13-22(21)33-17)23(31)16-30-25(19-6-4-3-5-7-19)27-24(28-30)18-8-10-20(32-2)11-9-18;1-33-18-8-4-15(5-9-18)22-28-23(16-2-6-17(25)7-3-16)31(29-22)14-21(32)30-12-10-19-20(11-13-30)34-24(26)27-19/h2-14H,15-18H2,1H3;3-10H,11-15H2,1-2H3;3-11H,12-16H2,1-2H3;2-9H,10-14H2,1H3,(H2,26,27). The Bertz CT molecular complexity index is 6580. The molecule has 0 atom stereocenters. The number of pyridine rings is 1. The first kappa shape index (κ1) is 92.4. The molecule has 8 aromatic heterocycles. The van der Waals surface area contributed by atoms with Crippen LogP contribution in [0.5, 0.6) is 23.0 Å². The third kappa shape index (κ3) is 22.2. The SMILES string of the molecule is COc1ccc(-c2nc(-c3ccc(F)cc3)n(CC(=O)N3CCc4nc(C)sc4CC3)n2)cc1.COc1ccc(-c2nc(-c3ccc(F)cc3)n(CC(=O)N3CCc4nc(N)sc4CC3)n2)cc1.COc1ccc(-c2nc(-c3ccccc3)n(CC(=O)N3CCN(c4ccccn4)C(=O)C3)n2)cc1.COc1ccc(-c2nc(-c3ccccc3)n(CC(=O)N3CCc4nc(C)sc4CC3)n2)cc1. The number of amides is 5. The van der Waals surface area contributed by atoms with Gasteiger partial charge in [0.25, 0.3) is 0 Å². The Morgan fingerprint density at radius 1 is 0.338 bits per heavy atom. The van der Waals surface area contributed by atoms with Gasteiger partial charge >= 0.3 is 0 Å². The largest absolute Gasteiger partial charge is 0.497 e. The Hall–Kier alpha value is -15.4. The third-order valence-corrected chi connectivity index (χ3v) is 26.4. The summed E-state index contributed by atoms with van der Waals surface area (Å²) < 4.78 is 54.5. The molecule has 20 rings (SSSR count). The quantitative estimate of drug-likeness (QED) is 0.0698. The van der Waals surface area contributed by atoms with E-state index in [0.29, 0.717) is 127 Å². The van der Waals surface area contributed by atoms with E-state index in [1.54, 1.807) is 122 Å². The number of aromatic nitrogens is 16. The molecule has 0 spiro atoms. The lowest BCUT2D eigenvalue weighted by Gasteiger charge is -2.33. The Labute approximate surface area is 794 Å². The number of nitrogens with zero attached hydrogens (tertiary/aromatic N) is 21. The molecular formula is C100H96F2N22O9S3. The lowest BCUT2D eigenvalue weighted by molar-refractivity contribution is -0.137. The summed E-state index contributed by atoms with van der Waals surface area (Å²) in [6.07, 6.45) is 6.27. The maximum Gasteiger partial charge on any atom is 0.247 e. The highest BCUT2D eigenvalue weighted by molar-refractivity contribution is 7.15. The number of halogens is 2. The fourth-order valence-electron chi connectivity index (χ4n) is 16.2. The second-order valence-electron chi connectivity index (χ2n) is 32.1. The van der Waals surface area contributed by atoms with Crippen LogP contribution in [0.2, 0.25) is 0 Å². The summed E-state index contributed by atoms with van der Waals surface area (Å²) in [6.45, 7) is 8.89. The molecule has 136 heavy (non-hydrogen) atoms. The normalized spacial score (nSPS) is 13.5. The van der Waals surface area contributed by atoms with Crippen LogP contribution in [0.15, 0.2) is 231 Å². The van der Waals surface area contributed by atoms with Crippen LogP contribution in [-0.4, -0.2) is 215 Å². The number of aryl methyl sites for hydroxylation is 2. The second kappa shape index (κ2) is 42.6. The molecule has 1 fully saturated rings. The summed E-state index contributed by atoms with van der Waals surface area (Å²) in [4.78, 5) is 115. The van der Waals surface area contributed by atoms with Crippen LogP contribution < -0.4 is 29.6 Å². The minimum absolute atomic E-state index is 0.00386. The maximum absolute atomic E-state index is 13.5. The van der Waals surface area contributed by atoms with Crippen LogP contribution in [0.3, 0.4) is 0 Å². The number of ether oxygens (including phenoxy) is 4. The Kier molecular flexibility index (Phi) is 29.0. The van der Waals surface area contributed by atoms with Gasteiger partial charge in [0.05, 0.1) is 55.5 Å². The second-order valence-corrected chi connectivity index (χ2v) is 35.8. The van der Waals surface area contributed by atoms with E-state index in [0.717, 1.165) is 120 Å². The van der Waals surface area contributed by atoms with Gasteiger partial charge in [0.1, 0.15) is 73.2 Å². The van der Waals surface area contributed by atoms with Crippen LogP contribution >= 0.6 is 34.0 Å². The molecule has 16 aromatic rings. The predicted molar refractivity (Wildman–Crippen MR) is 515 cm³/mol. The number of rotatable bonds is 21. The number of methoxy groups -OCH3 is 4. The number of anilines is 2. The van der Waals surface area contributed by atoms with Gasteiger partial charge < -0.3 is 44.3 Å². The maximum atomic E-state index is 13.5. The van der Waals surface area contributed by atoms with Gasteiger partial charge in [-0.05, 0) is 172 Å². The van der Waals surface area contributed by atoms with Crippen molar-refractivity contribution in [1.29, 1.82) is 0 Å². The van der Waals surface area contributed by atoms with E-state index in [-0.39, 0.29) is 73.9 Å². The molecule has 31 nitrogen and oxygen atoms in total. The average molecular weight is 1880 g/mol. The molecule has 0 saturated carbocycles. The van der Waals surface area contributed by atoms with Crippen molar-refractivity contribution in [1.82, 2.24) is 98.6 Å². The minimum atomic E-state index is -0.340. The third-order valence-electron chi connectivity index (χ3n) is 23.3. The van der Waals surface area contributed by atoms with E-state index in [9.17, 15) is 32.8 Å². The highest BCUT2D eigenvalue weighted by atomic mass is 32.1. The van der Waals surface area contributed by atoms with Crippen LogP contribution in [0.1, 0.15) is 41.7 Å². The molecule has 0 unspecified atom stereocenters. The highest BCUT2D eigenvalue weighted by Crippen LogP contribution is 2.34. The lowest BCUT2D eigenvalue weighted by Crippen LogP contribution is -2.53. The fourth-order valence-corrected chi connectivity index (χ4v) is 19.0. The summed E-state index contributed by atoms with van der Waals surface area (Å²) in [7, 11) is 6.47. The molecule has 36 heteroatoms. The first-order valence-corrected chi connectivity index (χ1v) is 46.6. The zero-order valence-electron chi connectivity index (χ0n) is 75.5. The molecule has 12 heterocycles. The first-order valence-electron chi connectivity index (χ1n) is 44.2. The van der Waals surface area contributed by atoms with E-state index >= 15 is 0 Å². The van der Waals surface area contributed by atoms with Gasteiger partial charge in [-0.1, -0.05) is 66.7 Å². The number of hydrogen-bond donors (Lipinski definition) is 1. The van der Waals surface area contributed by atoms with Gasteiger partial charge in [0.15, 0.2) is 51.7 Å². The van der Waals surface area contributed by atoms with Gasteiger partial charge in [-0.15, -0.1) is 54.4 Å². The molecule has 1 saturated heterocycles. The number of benzene rings is 8. The van der Waals surface area contributed by atoms with E-state index in [1.165, 1.54) is 45.4 Å². The average Bonchev–Trinajstić information content (AvgIpc) is 1.68. The Morgan fingerprint density at radius 2 is 0.640 bits per heavy atom. The van der Waals surface area contributed by atoms with E-state index in [2.05, 4.69) is 40.2 Å². The van der Waals surface area contributed by atoms with Crippen LogP contribution in [0, 0.1) is 25.5 Å². The van der Waals surface area contributed by atoms with Crippen molar-refractivity contribution in [3.05, 3.63) is 284 Å². The number of carbonyl (C=O) groups excluding carboxylic acids is 5. The van der Waals surface area contributed by atoms with Crippen molar-refractivity contribution in [2.45, 2.75) is 78.6 Å². The summed E-state index contributed by atoms with van der Waals surface area (Å²) in [6, 6.07) is 66.8. The Morgan fingerprint density at radius 3 is 0.963 bits per heavy atom. The molecule has 0 aliphatic carbocycles. The summed E-state index contributed by atoms with van der Waals surface area (Å²) in [5.74, 6) is 6.85. The monoisotopic (exact) mass is 1880 g/mol. The van der Waals surface area contributed by atoms with Crippen molar-refractivity contribution in [2.75, 3.05) is 98.0 Å². The van der Waals surface area contributed by atoms with E-state index < -0.39 is 0 Å². The molecule has 4 aliphatic heterocycles. The van der Waals surface area contributed by atoms with Gasteiger partial charge in [0.2, 0.25) is 29.5 Å². The lowest BCUT2D eigenvalue weighted by atomic mass is 10.2. The number of hydrogen-bond acceptors (Lipinski definition) is 25. The van der Waals surface area contributed by atoms with Crippen LogP contribution in [0.25, 0.3) is 91.1 Å². The van der Waals surface area contributed by atoms with Crippen molar-refractivity contribution in [2.24, 2.45) is 0 Å². The molecule has 2 N–H and O–H groups in total. The number of thiazole rings is 3. The minimum Gasteiger partial charge on any atom is -0.497 e. The van der Waals surface area contributed by atoms with Crippen molar-refractivity contribution >= 4 is 74.5 Å². The number of fused-ring (bicyclic) bond motifs is 3. The molecule has 0 bridgehead atoms. The van der Waals surface area contributed by atoms with Crippen LogP contribution in [-0.2, 0) is 88.7 Å². The molecule has 8 aromatic carbocycles. The zero-order chi connectivity index (χ0) is 94.3. The summed E-state index contributed by atoms with van der Waals surface area (Å²) in [5, 5.41) is 21.4. The van der Waals surface area contributed by atoms with Crippen molar-refractivity contribution in [3.63, 3.8) is 0 Å². The van der Waals surface area contributed by atoms with Crippen LogP contribution in [0.4, 0.5) is 19.7 Å². The van der Waals surface area contributed by atoms with Crippen molar-refractivity contribution < 1.29 is 51.7 Å². The van der Waals surface area contributed by atoms with Gasteiger partial charge in [0, 0.05) is 156 Å². The number of carbonyl (C=O) groups is 5. The molecular weight excluding hydrogens is 1790 g/mol. The smallest absolute Gasteiger partial charge is 0.247 e. The molecule has 5 amide bonds. The van der Waals surface area contributed by atoms with E-state index in [4.69, 9.17) is 44.7 Å². The molecule has 0 radical (unpaired) electrons. The molecule has 4 aliphatic rings. The predicted octanol–water partition coefficient (Wildman–Crippen LogP) is 14.5. The number of nitrogens with two attached hydrogens (primary N) is 1. The number of nitrogen functional groups attached to an aromatic ring is 1. The van der Waals surface area contributed by atoms with E-state index in [1.807, 2.05) is 192 Å².